The molecular formula is C20H23ClN2O2. The number of carbonyl (C=O) groups excluding carboxylic acids is 1. The molecule has 0 saturated heterocycles. The first kappa shape index (κ1) is 17.8. The van der Waals surface area contributed by atoms with E-state index in [1.165, 1.54) is 0 Å². The van der Waals surface area contributed by atoms with Gasteiger partial charge in [-0.3, -0.25) is 4.79 Å². The summed E-state index contributed by atoms with van der Waals surface area (Å²) in [5, 5.41) is 3.57. The van der Waals surface area contributed by atoms with E-state index in [2.05, 4.69) is 5.32 Å². The summed E-state index contributed by atoms with van der Waals surface area (Å²) in [6, 6.07) is 15.3. The molecule has 0 bridgehead atoms. The zero-order valence-electron chi connectivity index (χ0n) is 14.1. The molecule has 1 aliphatic rings. The molecule has 2 aromatic rings. The minimum absolute atomic E-state index is 0.0631. The smallest absolute Gasteiger partial charge is 0.240 e. The van der Waals surface area contributed by atoms with Crippen molar-refractivity contribution >= 4 is 17.5 Å². The fraction of sp³-hybridized carbons (Fsp3) is 0.350. The van der Waals surface area contributed by atoms with Gasteiger partial charge in [0.2, 0.25) is 5.91 Å². The second-order valence-electron chi connectivity index (χ2n) is 6.53. The molecule has 5 heteroatoms. The lowest BCUT2D eigenvalue weighted by Crippen LogP contribution is -2.51. The van der Waals surface area contributed by atoms with Crippen molar-refractivity contribution < 1.29 is 9.53 Å². The Morgan fingerprint density at radius 2 is 1.72 bits per heavy atom. The van der Waals surface area contributed by atoms with Crippen molar-refractivity contribution in [3.63, 3.8) is 0 Å². The Morgan fingerprint density at radius 1 is 1.08 bits per heavy atom. The van der Waals surface area contributed by atoms with Crippen LogP contribution in [0.4, 0.5) is 0 Å². The fourth-order valence-electron chi connectivity index (χ4n) is 3.17. The molecular weight excluding hydrogens is 336 g/mol. The third kappa shape index (κ3) is 4.33. The van der Waals surface area contributed by atoms with Crippen LogP contribution in [0.15, 0.2) is 48.5 Å². The van der Waals surface area contributed by atoms with E-state index in [1.807, 2.05) is 42.5 Å². The highest BCUT2D eigenvalue weighted by Gasteiger charge is 2.36. The maximum atomic E-state index is 12.4. The largest absolute Gasteiger partial charge is 0.487 e. The fourth-order valence-corrected chi connectivity index (χ4v) is 3.36. The molecule has 3 N–H and O–H groups in total. The predicted octanol–water partition coefficient (Wildman–Crippen LogP) is 3.81. The number of nitrogens with two attached hydrogens (primary N) is 1. The molecule has 4 nitrogen and oxygen atoms in total. The van der Waals surface area contributed by atoms with Gasteiger partial charge < -0.3 is 15.8 Å². The van der Waals surface area contributed by atoms with Crippen molar-refractivity contribution in [1.82, 2.24) is 5.32 Å². The van der Waals surface area contributed by atoms with Gasteiger partial charge in [-0.25, -0.2) is 0 Å². The summed E-state index contributed by atoms with van der Waals surface area (Å²) in [5.74, 6) is 0.585. The normalized spacial score (nSPS) is 15.8. The summed E-state index contributed by atoms with van der Waals surface area (Å²) < 4.78 is 5.82. The van der Waals surface area contributed by atoms with Crippen molar-refractivity contribution in [2.45, 2.75) is 44.4 Å². The molecule has 0 unspecified atom stereocenters. The molecule has 25 heavy (non-hydrogen) atoms. The zero-order chi connectivity index (χ0) is 17.7. The topological polar surface area (TPSA) is 64.4 Å². The molecule has 0 heterocycles. The average molecular weight is 359 g/mol. The van der Waals surface area contributed by atoms with Crippen LogP contribution in [-0.4, -0.2) is 11.4 Å². The van der Waals surface area contributed by atoms with Gasteiger partial charge in [0.25, 0.3) is 0 Å². The van der Waals surface area contributed by atoms with E-state index in [0.29, 0.717) is 23.9 Å². The molecule has 0 aromatic heterocycles. The molecule has 1 saturated carbocycles. The van der Waals surface area contributed by atoms with Gasteiger partial charge in [0.05, 0.1) is 10.6 Å². The van der Waals surface area contributed by atoms with Crippen LogP contribution >= 0.6 is 11.6 Å². The van der Waals surface area contributed by atoms with E-state index in [4.69, 9.17) is 22.1 Å². The van der Waals surface area contributed by atoms with Gasteiger partial charge in [0, 0.05) is 6.54 Å². The van der Waals surface area contributed by atoms with Crippen molar-refractivity contribution in [2.24, 2.45) is 5.73 Å². The molecule has 0 radical (unpaired) electrons. The van der Waals surface area contributed by atoms with Crippen LogP contribution in [0.25, 0.3) is 0 Å². The third-order valence-corrected chi connectivity index (χ3v) is 5.04. The van der Waals surface area contributed by atoms with Gasteiger partial charge in [0.15, 0.2) is 0 Å². The van der Waals surface area contributed by atoms with E-state index in [-0.39, 0.29) is 5.91 Å². The van der Waals surface area contributed by atoms with Crippen LogP contribution in [0, 0.1) is 0 Å². The quantitative estimate of drug-likeness (QED) is 0.825. The van der Waals surface area contributed by atoms with Crippen LogP contribution in [-0.2, 0) is 17.9 Å². The number of ether oxygens (including phenoxy) is 1. The number of para-hydroxylation sites is 1. The van der Waals surface area contributed by atoms with E-state index < -0.39 is 5.54 Å². The number of amides is 1. The summed E-state index contributed by atoms with van der Waals surface area (Å²) in [7, 11) is 0. The molecule has 0 spiro atoms. The highest BCUT2D eigenvalue weighted by Crippen LogP contribution is 2.27. The van der Waals surface area contributed by atoms with Crippen LogP contribution < -0.4 is 15.8 Å². The van der Waals surface area contributed by atoms with Crippen molar-refractivity contribution in [3.05, 3.63) is 64.7 Å². The van der Waals surface area contributed by atoms with E-state index in [9.17, 15) is 4.79 Å². The molecule has 1 fully saturated rings. The number of hydrogen-bond donors (Lipinski definition) is 2. The first-order chi connectivity index (χ1) is 12.1. The molecule has 2 aromatic carbocycles. The highest BCUT2D eigenvalue weighted by atomic mass is 35.5. The third-order valence-electron chi connectivity index (χ3n) is 4.73. The first-order valence-corrected chi connectivity index (χ1v) is 8.98. The van der Waals surface area contributed by atoms with Crippen LogP contribution in [0.3, 0.4) is 0 Å². The SMILES string of the molecule is NC1(C(=O)NCc2ccccc2COc2ccccc2Cl)CCCC1. The Bertz CT molecular complexity index is 742. The summed E-state index contributed by atoms with van der Waals surface area (Å²) in [4.78, 5) is 12.4. The molecule has 0 aliphatic heterocycles. The van der Waals surface area contributed by atoms with Gasteiger partial charge in [0.1, 0.15) is 12.4 Å². The second-order valence-corrected chi connectivity index (χ2v) is 6.94. The summed E-state index contributed by atoms with van der Waals surface area (Å²) in [6.07, 6.45) is 3.56. The average Bonchev–Trinajstić information content (AvgIpc) is 3.07. The van der Waals surface area contributed by atoms with E-state index >= 15 is 0 Å². The Morgan fingerprint density at radius 3 is 2.44 bits per heavy atom. The Labute approximate surface area is 153 Å². The van der Waals surface area contributed by atoms with E-state index in [0.717, 1.165) is 36.8 Å². The van der Waals surface area contributed by atoms with Gasteiger partial charge in [-0.2, -0.15) is 0 Å². The number of rotatable bonds is 6. The van der Waals surface area contributed by atoms with Crippen LogP contribution in [0.2, 0.25) is 5.02 Å². The number of hydrogen-bond acceptors (Lipinski definition) is 3. The van der Waals surface area contributed by atoms with Crippen molar-refractivity contribution in [3.8, 4) is 5.75 Å². The summed E-state index contributed by atoms with van der Waals surface area (Å²) in [5.41, 5.74) is 7.53. The number of halogens is 1. The van der Waals surface area contributed by atoms with Crippen molar-refractivity contribution in [1.29, 1.82) is 0 Å². The lowest BCUT2D eigenvalue weighted by atomic mass is 9.98. The van der Waals surface area contributed by atoms with Gasteiger partial charge in [-0.1, -0.05) is 60.8 Å². The number of nitrogens with one attached hydrogen (secondary N) is 1. The van der Waals surface area contributed by atoms with Crippen LogP contribution in [0.1, 0.15) is 36.8 Å². The Balaban J connectivity index is 1.63. The zero-order valence-corrected chi connectivity index (χ0v) is 14.9. The first-order valence-electron chi connectivity index (χ1n) is 8.60. The number of benzene rings is 2. The predicted molar refractivity (Wildman–Crippen MR) is 99.5 cm³/mol. The number of carbonyl (C=O) groups is 1. The van der Waals surface area contributed by atoms with Gasteiger partial charge in [-0.05, 0) is 36.1 Å². The minimum atomic E-state index is -0.705. The van der Waals surface area contributed by atoms with Crippen LogP contribution in [0.5, 0.6) is 5.75 Å². The minimum Gasteiger partial charge on any atom is -0.487 e. The molecule has 0 atom stereocenters. The molecule has 3 rings (SSSR count). The maximum absolute atomic E-state index is 12.4. The van der Waals surface area contributed by atoms with Gasteiger partial charge in [-0.15, -0.1) is 0 Å². The maximum Gasteiger partial charge on any atom is 0.240 e. The van der Waals surface area contributed by atoms with Crippen molar-refractivity contribution in [2.75, 3.05) is 0 Å². The second kappa shape index (κ2) is 7.89. The Kier molecular flexibility index (Phi) is 5.61. The lowest BCUT2D eigenvalue weighted by Gasteiger charge is -2.22. The standard InChI is InChI=1S/C20H23ClN2O2/c21-17-9-3-4-10-18(17)25-14-16-8-2-1-7-15(16)13-23-19(24)20(22)11-5-6-12-20/h1-4,7-10H,5-6,11-14,22H2,(H,23,24). The van der Waals surface area contributed by atoms with Gasteiger partial charge >= 0.3 is 0 Å². The lowest BCUT2D eigenvalue weighted by molar-refractivity contribution is -0.126. The highest BCUT2D eigenvalue weighted by molar-refractivity contribution is 6.32. The summed E-state index contributed by atoms with van der Waals surface area (Å²) in [6.45, 7) is 0.837. The summed E-state index contributed by atoms with van der Waals surface area (Å²) >= 11 is 6.13. The van der Waals surface area contributed by atoms with E-state index in [1.54, 1.807) is 6.07 Å². The monoisotopic (exact) mass is 358 g/mol. The molecule has 1 aliphatic carbocycles. The molecule has 1 amide bonds. The molecule has 132 valence electrons. The Hall–Kier alpha value is -2.04.